The predicted molar refractivity (Wildman–Crippen MR) is 147 cm³/mol. The highest BCUT2D eigenvalue weighted by Gasteiger charge is 2.48. The van der Waals surface area contributed by atoms with Gasteiger partial charge in [0.05, 0.1) is 23.2 Å². The molecule has 1 unspecified atom stereocenters. The molecule has 1 amide bonds. The molecule has 1 fully saturated rings. The quantitative estimate of drug-likeness (QED) is 0.349. The van der Waals surface area contributed by atoms with Gasteiger partial charge >= 0.3 is 0 Å². The van der Waals surface area contributed by atoms with Crippen LogP contribution < -0.4 is 5.56 Å². The van der Waals surface area contributed by atoms with Crippen LogP contribution in [0.5, 0.6) is 0 Å². The number of benzene rings is 3. The van der Waals surface area contributed by atoms with E-state index in [0.717, 1.165) is 35.2 Å². The van der Waals surface area contributed by atoms with Crippen LogP contribution >= 0.6 is 23.2 Å². The van der Waals surface area contributed by atoms with E-state index in [9.17, 15) is 14.7 Å². The second-order valence-electron chi connectivity index (χ2n) is 9.98. The molecule has 0 bridgehead atoms. The van der Waals surface area contributed by atoms with Crippen molar-refractivity contribution in [3.05, 3.63) is 121 Å². The third-order valence-electron chi connectivity index (χ3n) is 7.54. The van der Waals surface area contributed by atoms with Gasteiger partial charge in [-0.15, -0.1) is 0 Å². The first-order valence-corrected chi connectivity index (χ1v) is 13.3. The van der Waals surface area contributed by atoms with Gasteiger partial charge in [0.15, 0.2) is 6.10 Å². The van der Waals surface area contributed by atoms with Crippen molar-refractivity contribution in [1.29, 1.82) is 0 Å². The number of hydrogen-bond acceptors (Lipinski definition) is 4. The van der Waals surface area contributed by atoms with E-state index < -0.39 is 12.0 Å². The maximum Gasteiger partial charge on any atom is 0.256 e. The number of amides is 1. The number of nitrogens with one attached hydrogen (secondary N) is 1. The first kappa shape index (κ1) is 24.9. The number of rotatable bonds is 5. The Hall–Kier alpha value is -3.45. The molecule has 0 spiro atoms. The molecule has 2 aliphatic rings. The Morgan fingerprint density at radius 3 is 2.42 bits per heavy atom. The molecule has 1 saturated carbocycles. The molecule has 1 aromatic heterocycles. The number of aromatic nitrogens is 2. The highest BCUT2D eigenvalue weighted by molar-refractivity contribution is 6.35. The minimum Gasteiger partial charge on any atom is -0.378 e. The third-order valence-corrected chi connectivity index (χ3v) is 7.98. The van der Waals surface area contributed by atoms with Gasteiger partial charge in [-0.1, -0.05) is 71.7 Å². The van der Waals surface area contributed by atoms with E-state index in [2.05, 4.69) is 17.1 Å². The highest BCUT2D eigenvalue weighted by atomic mass is 35.5. The lowest BCUT2D eigenvalue weighted by Crippen LogP contribution is -2.42. The SMILES string of the molecule is O=C(C(O)c1cccc(-c2cc(Cl)cc(Cl)c2)c1)N1CCc2nc(C3(c4ccccc4)CC3)[nH]c(=O)c2C1. The summed E-state index contributed by atoms with van der Waals surface area (Å²) in [6, 6.07) is 22.4. The zero-order valence-corrected chi connectivity index (χ0v) is 22.0. The smallest absolute Gasteiger partial charge is 0.256 e. The Labute approximate surface area is 229 Å². The number of aliphatic hydroxyl groups is 1. The monoisotopic (exact) mass is 545 g/mol. The highest BCUT2D eigenvalue weighted by Crippen LogP contribution is 2.52. The summed E-state index contributed by atoms with van der Waals surface area (Å²) in [5, 5.41) is 12.0. The van der Waals surface area contributed by atoms with E-state index in [4.69, 9.17) is 28.2 Å². The number of carbonyl (C=O) groups is 1. The molecule has 3 aromatic carbocycles. The fourth-order valence-electron chi connectivity index (χ4n) is 5.31. The van der Waals surface area contributed by atoms with Crippen molar-refractivity contribution in [3.8, 4) is 11.1 Å². The van der Waals surface area contributed by atoms with Crippen molar-refractivity contribution in [2.45, 2.75) is 37.3 Å². The Bertz CT molecular complexity index is 1580. The largest absolute Gasteiger partial charge is 0.378 e. The number of aromatic amines is 1. The van der Waals surface area contributed by atoms with Gasteiger partial charge in [0, 0.05) is 23.0 Å². The molecule has 1 aliphatic heterocycles. The maximum atomic E-state index is 13.3. The lowest BCUT2D eigenvalue weighted by molar-refractivity contribution is -0.141. The molecule has 38 heavy (non-hydrogen) atoms. The number of nitrogens with zero attached hydrogens (tertiary/aromatic N) is 2. The van der Waals surface area contributed by atoms with Crippen LogP contribution in [0.3, 0.4) is 0 Å². The van der Waals surface area contributed by atoms with Crippen LogP contribution in [0.2, 0.25) is 10.0 Å². The Morgan fingerprint density at radius 2 is 1.71 bits per heavy atom. The standard InChI is InChI=1S/C30H25Cl2N3O3/c31-22-14-20(15-23(32)16-22)18-5-4-6-19(13-18)26(36)28(38)35-12-9-25-24(17-35)27(37)34-29(33-25)30(10-11-30)21-7-2-1-3-8-21/h1-8,13-16,26,36H,9-12,17H2,(H,33,34,37). The van der Waals surface area contributed by atoms with Gasteiger partial charge in [-0.25, -0.2) is 4.98 Å². The van der Waals surface area contributed by atoms with E-state index in [1.54, 1.807) is 36.4 Å². The van der Waals surface area contributed by atoms with Crippen LogP contribution in [-0.4, -0.2) is 32.4 Å². The number of hydrogen-bond donors (Lipinski definition) is 2. The second kappa shape index (κ2) is 9.70. The lowest BCUT2D eigenvalue weighted by atomic mass is 9.94. The summed E-state index contributed by atoms with van der Waals surface area (Å²) in [7, 11) is 0. The minimum atomic E-state index is -1.37. The average molecular weight is 546 g/mol. The Morgan fingerprint density at radius 1 is 0.974 bits per heavy atom. The third kappa shape index (κ3) is 4.53. The zero-order valence-electron chi connectivity index (χ0n) is 20.5. The number of aliphatic hydroxyl groups excluding tert-OH is 1. The predicted octanol–water partition coefficient (Wildman–Crippen LogP) is 5.44. The maximum absolute atomic E-state index is 13.3. The molecule has 4 aromatic rings. The molecule has 8 heteroatoms. The normalized spacial score (nSPS) is 16.6. The lowest BCUT2D eigenvalue weighted by Gasteiger charge is -2.30. The van der Waals surface area contributed by atoms with Crippen molar-refractivity contribution in [2.24, 2.45) is 0 Å². The summed E-state index contributed by atoms with van der Waals surface area (Å²) in [6.07, 6.45) is 0.966. The van der Waals surface area contributed by atoms with Crippen LogP contribution in [-0.2, 0) is 23.2 Å². The molecule has 2 heterocycles. The van der Waals surface area contributed by atoms with E-state index in [1.165, 1.54) is 4.90 Å². The Balaban J connectivity index is 1.23. The van der Waals surface area contributed by atoms with Crippen LogP contribution in [0.1, 0.15) is 47.2 Å². The van der Waals surface area contributed by atoms with E-state index >= 15 is 0 Å². The molecule has 0 radical (unpaired) electrons. The molecular weight excluding hydrogens is 521 g/mol. The van der Waals surface area contributed by atoms with Crippen molar-refractivity contribution in [2.75, 3.05) is 6.54 Å². The first-order chi connectivity index (χ1) is 18.3. The van der Waals surface area contributed by atoms with Gasteiger partial charge in [-0.2, -0.15) is 0 Å². The first-order valence-electron chi connectivity index (χ1n) is 12.6. The topological polar surface area (TPSA) is 86.3 Å². The van der Waals surface area contributed by atoms with E-state index in [1.807, 2.05) is 24.3 Å². The van der Waals surface area contributed by atoms with Gasteiger partial charge in [-0.05, 0) is 59.4 Å². The molecule has 1 atom stereocenters. The summed E-state index contributed by atoms with van der Waals surface area (Å²) >= 11 is 12.3. The number of carbonyl (C=O) groups excluding carboxylic acids is 1. The summed E-state index contributed by atoms with van der Waals surface area (Å²) < 4.78 is 0. The van der Waals surface area contributed by atoms with Crippen LogP contribution in [0.15, 0.2) is 77.6 Å². The molecular formula is C30H25Cl2N3O3. The van der Waals surface area contributed by atoms with Crippen molar-refractivity contribution in [3.63, 3.8) is 0 Å². The summed E-state index contributed by atoms with van der Waals surface area (Å²) in [5.74, 6) is 0.244. The second-order valence-corrected chi connectivity index (χ2v) is 10.9. The minimum absolute atomic E-state index is 0.107. The van der Waals surface area contributed by atoms with Gasteiger partial charge in [0.2, 0.25) is 0 Å². The number of fused-ring (bicyclic) bond motifs is 1. The van der Waals surface area contributed by atoms with Crippen LogP contribution in [0, 0.1) is 0 Å². The molecule has 1 aliphatic carbocycles. The number of H-pyrrole nitrogens is 1. The van der Waals surface area contributed by atoms with E-state index in [-0.39, 0.29) is 17.5 Å². The average Bonchev–Trinajstić information content (AvgIpc) is 3.74. The molecule has 6 nitrogen and oxygen atoms in total. The van der Waals surface area contributed by atoms with Crippen molar-refractivity contribution in [1.82, 2.24) is 14.9 Å². The van der Waals surface area contributed by atoms with Crippen LogP contribution in [0.25, 0.3) is 11.1 Å². The summed E-state index contributed by atoms with van der Waals surface area (Å²) in [5.41, 5.74) is 3.92. The molecule has 6 rings (SSSR count). The van der Waals surface area contributed by atoms with Crippen molar-refractivity contribution < 1.29 is 9.90 Å². The summed E-state index contributed by atoms with van der Waals surface area (Å²) in [4.78, 5) is 35.8. The zero-order chi connectivity index (χ0) is 26.4. The van der Waals surface area contributed by atoms with Crippen molar-refractivity contribution >= 4 is 29.1 Å². The van der Waals surface area contributed by atoms with Crippen LogP contribution in [0.4, 0.5) is 0 Å². The van der Waals surface area contributed by atoms with Gasteiger partial charge in [0.1, 0.15) is 5.82 Å². The Kier molecular flexibility index (Phi) is 6.34. The molecule has 192 valence electrons. The van der Waals surface area contributed by atoms with Gasteiger partial charge in [0.25, 0.3) is 11.5 Å². The molecule has 0 saturated heterocycles. The fraction of sp³-hybridized carbons (Fsp3) is 0.233. The van der Waals surface area contributed by atoms with Gasteiger partial charge in [-0.3, -0.25) is 9.59 Å². The van der Waals surface area contributed by atoms with E-state index in [0.29, 0.717) is 40.0 Å². The fourth-order valence-corrected chi connectivity index (χ4v) is 5.83. The summed E-state index contributed by atoms with van der Waals surface area (Å²) in [6.45, 7) is 0.483. The number of halogens is 2. The molecule has 2 N–H and O–H groups in total. The van der Waals surface area contributed by atoms with Gasteiger partial charge < -0.3 is 15.0 Å².